The van der Waals surface area contributed by atoms with E-state index in [9.17, 15) is 4.79 Å². The van der Waals surface area contributed by atoms with Crippen molar-refractivity contribution in [2.45, 2.75) is 38.3 Å². The summed E-state index contributed by atoms with van der Waals surface area (Å²) in [6.07, 6.45) is 7.63. The number of rotatable bonds is 5. The molecule has 10 nitrogen and oxygen atoms in total. The molecule has 6 heterocycles. The van der Waals surface area contributed by atoms with E-state index in [0.717, 1.165) is 18.5 Å². The topological polar surface area (TPSA) is 110 Å². The summed E-state index contributed by atoms with van der Waals surface area (Å²) in [7, 11) is 3.49. The highest BCUT2D eigenvalue weighted by Gasteiger charge is 2.29. The van der Waals surface area contributed by atoms with E-state index in [-0.39, 0.29) is 17.8 Å². The third kappa shape index (κ3) is 3.74. The molecular weight excluding hydrogens is 460 g/mol. The Bertz CT molecular complexity index is 1620. The number of furan rings is 1. The van der Waals surface area contributed by atoms with Gasteiger partial charge in [0.25, 0.3) is 0 Å². The summed E-state index contributed by atoms with van der Waals surface area (Å²) in [6.45, 7) is 2.68. The maximum absolute atomic E-state index is 13.6. The van der Waals surface area contributed by atoms with Crippen LogP contribution in [-0.4, -0.2) is 48.9 Å². The van der Waals surface area contributed by atoms with Crippen LogP contribution in [0.5, 0.6) is 5.75 Å². The van der Waals surface area contributed by atoms with Gasteiger partial charge < -0.3 is 18.5 Å². The van der Waals surface area contributed by atoms with E-state index >= 15 is 0 Å². The second kappa shape index (κ2) is 8.87. The molecule has 0 saturated carbocycles. The zero-order valence-electron chi connectivity index (χ0n) is 20.3. The Kier molecular flexibility index (Phi) is 5.52. The van der Waals surface area contributed by atoms with Crippen molar-refractivity contribution in [3.8, 4) is 28.5 Å². The zero-order valence-corrected chi connectivity index (χ0v) is 20.3. The van der Waals surface area contributed by atoms with Gasteiger partial charge in [-0.3, -0.25) is 9.55 Å². The van der Waals surface area contributed by atoms with Crippen molar-refractivity contribution in [2.75, 3.05) is 13.7 Å². The second-order valence-corrected chi connectivity index (χ2v) is 9.02. The molecule has 0 N–H and O–H groups in total. The molecule has 0 spiro atoms. The molecule has 0 aliphatic carbocycles. The Morgan fingerprint density at radius 3 is 2.69 bits per heavy atom. The minimum atomic E-state index is -0.357. The van der Waals surface area contributed by atoms with Crippen LogP contribution in [0.4, 0.5) is 0 Å². The maximum atomic E-state index is 13.6. The van der Waals surface area contributed by atoms with E-state index < -0.39 is 0 Å². The monoisotopic (exact) mass is 486 g/mol. The number of aromatic nitrogens is 6. The standard InChI is InChI=1S/C26H26N6O4/c1-4-16-11-15(9-10-35-16)32-24-23-21(8-7-18(29-23)20-13-31(2)14-28-20)36-25(24)22(30-26(32)33)19-6-5-17(34-3)12-27-19/h5-8,12-16H,4,9-11H2,1-3H3/t15-,16-/m0/s1. The van der Waals surface area contributed by atoms with Gasteiger partial charge in [-0.05, 0) is 43.5 Å². The summed E-state index contributed by atoms with van der Waals surface area (Å²) >= 11 is 0. The Morgan fingerprint density at radius 2 is 1.97 bits per heavy atom. The average Bonchev–Trinajstić information content (AvgIpc) is 3.51. The van der Waals surface area contributed by atoms with Crippen LogP contribution in [0.3, 0.4) is 0 Å². The van der Waals surface area contributed by atoms with Crippen LogP contribution in [0.25, 0.3) is 45.0 Å². The van der Waals surface area contributed by atoms with E-state index in [4.69, 9.17) is 18.9 Å². The van der Waals surface area contributed by atoms with Gasteiger partial charge in [0.15, 0.2) is 11.2 Å². The number of aryl methyl sites for hydroxylation is 1. The Balaban J connectivity index is 1.63. The number of pyridine rings is 2. The molecule has 1 fully saturated rings. The maximum Gasteiger partial charge on any atom is 0.349 e. The number of fused-ring (bicyclic) bond motifs is 3. The predicted octanol–water partition coefficient (Wildman–Crippen LogP) is 4.14. The molecule has 6 rings (SSSR count). The van der Waals surface area contributed by atoms with Crippen molar-refractivity contribution in [1.82, 2.24) is 29.1 Å². The van der Waals surface area contributed by atoms with Gasteiger partial charge in [0.05, 0.1) is 37.1 Å². The molecule has 1 aliphatic rings. The number of nitrogens with zero attached hydrogens (tertiary/aromatic N) is 6. The molecule has 1 saturated heterocycles. The van der Waals surface area contributed by atoms with E-state index in [1.54, 1.807) is 36.3 Å². The highest BCUT2D eigenvalue weighted by atomic mass is 16.5. The molecule has 5 aromatic heterocycles. The van der Waals surface area contributed by atoms with E-state index in [2.05, 4.69) is 21.9 Å². The van der Waals surface area contributed by atoms with E-state index in [0.29, 0.717) is 58.1 Å². The van der Waals surface area contributed by atoms with Gasteiger partial charge in [-0.2, -0.15) is 4.98 Å². The molecule has 184 valence electrons. The third-order valence-electron chi connectivity index (χ3n) is 6.72. The first-order valence-electron chi connectivity index (χ1n) is 12.0. The van der Waals surface area contributed by atoms with Crippen molar-refractivity contribution in [3.05, 3.63) is 53.5 Å². The molecule has 5 aromatic rings. The van der Waals surface area contributed by atoms with Gasteiger partial charge in [-0.1, -0.05) is 6.92 Å². The lowest BCUT2D eigenvalue weighted by Crippen LogP contribution is -2.34. The van der Waals surface area contributed by atoms with Crippen molar-refractivity contribution < 1.29 is 13.9 Å². The molecule has 0 amide bonds. The van der Waals surface area contributed by atoms with Crippen LogP contribution in [-0.2, 0) is 11.8 Å². The van der Waals surface area contributed by atoms with Crippen LogP contribution in [0.15, 0.2) is 52.2 Å². The number of methoxy groups -OCH3 is 1. The van der Waals surface area contributed by atoms with Gasteiger partial charge in [-0.15, -0.1) is 0 Å². The molecule has 0 bridgehead atoms. The number of ether oxygens (including phenoxy) is 2. The smallest absolute Gasteiger partial charge is 0.349 e. The van der Waals surface area contributed by atoms with Gasteiger partial charge in [0.2, 0.25) is 0 Å². The fraction of sp³-hybridized carbons (Fsp3) is 0.346. The van der Waals surface area contributed by atoms with Gasteiger partial charge in [-0.25, -0.2) is 14.8 Å². The minimum absolute atomic E-state index is 0.0785. The highest BCUT2D eigenvalue weighted by Crippen LogP contribution is 2.37. The molecule has 0 radical (unpaired) electrons. The van der Waals surface area contributed by atoms with Crippen molar-refractivity contribution in [2.24, 2.45) is 7.05 Å². The highest BCUT2D eigenvalue weighted by molar-refractivity contribution is 6.05. The summed E-state index contributed by atoms with van der Waals surface area (Å²) in [4.78, 5) is 31.9. The largest absolute Gasteiger partial charge is 0.495 e. The fourth-order valence-electron chi connectivity index (χ4n) is 4.86. The molecule has 2 atom stereocenters. The lowest BCUT2D eigenvalue weighted by molar-refractivity contribution is -0.00710. The first-order valence-corrected chi connectivity index (χ1v) is 12.0. The third-order valence-corrected chi connectivity index (χ3v) is 6.72. The fourth-order valence-corrected chi connectivity index (χ4v) is 4.86. The van der Waals surface area contributed by atoms with Gasteiger partial charge in [0, 0.05) is 25.9 Å². The van der Waals surface area contributed by atoms with Crippen LogP contribution < -0.4 is 10.4 Å². The quantitative estimate of drug-likeness (QED) is 0.365. The summed E-state index contributed by atoms with van der Waals surface area (Å²) in [5, 5.41) is 0. The molecular formula is C26H26N6O4. The van der Waals surface area contributed by atoms with Crippen molar-refractivity contribution in [1.29, 1.82) is 0 Å². The van der Waals surface area contributed by atoms with Crippen LogP contribution >= 0.6 is 0 Å². The average molecular weight is 487 g/mol. The molecule has 1 aliphatic heterocycles. The zero-order chi connectivity index (χ0) is 24.8. The van der Waals surface area contributed by atoms with E-state index in [1.165, 1.54) is 0 Å². The predicted molar refractivity (Wildman–Crippen MR) is 134 cm³/mol. The summed E-state index contributed by atoms with van der Waals surface area (Å²) < 4.78 is 21.1. The Morgan fingerprint density at radius 1 is 1.11 bits per heavy atom. The number of hydrogen-bond donors (Lipinski definition) is 0. The SMILES string of the molecule is CC[C@H]1C[C@@H](n2c(=O)nc(-c3ccc(OC)cn3)c3oc4ccc(-c5cn(C)cn5)nc4c32)CCO1. The minimum Gasteiger partial charge on any atom is -0.495 e. The number of hydrogen-bond acceptors (Lipinski definition) is 8. The first kappa shape index (κ1) is 22.4. The normalized spacial score (nSPS) is 18.2. The van der Waals surface area contributed by atoms with Crippen LogP contribution in [0.1, 0.15) is 32.2 Å². The number of imidazole rings is 1. The first-order chi connectivity index (χ1) is 17.6. The summed E-state index contributed by atoms with van der Waals surface area (Å²) in [5.41, 5.74) is 4.25. The Hall–Kier alpha value is -4.05. The lowest BCUT2D eigenvalue weighted by Gasteiger charge is -2.30. The van der Waals surface area contributed by atoms with Gasteiger partial charge >= 0.3 is 5.69 Å². The molecule has 10 heteroatoms. The Labute approximate surface area is 206 Å². The molecule has 0 unspecified atom stereocenters. The molecule has 36 heavy (non-hydrogen) atoms. The van der Waals surface area contributed by atoms with Crippen LogP contribution in [0, 0.1) is 0 Å². The molecule has 0 aromatic carbocycles. The summed E-state index contributed by atoms with van der Waals surface area (Å²) in [6, 6.07) is 7.21. The van der Waals surface area contributed by atoms with Crippen LogP contribution in [0.2, 0.25) is 0 Å². The van der Waals surface area contributed by atoms with E-state index in [1.807, 2.05) is 29.9 Å². The van der Waals surface area contributed by atoms with Crippen molar-refractivity contribution >= 4 is 22.2 Å². The second-order valence-electron chi connectivity index (χ2n) is 9.02. The lowest BCUT2D eigenvalue weighted by atomic mass is 10.0. The summed E-state index contributed by atoms with van der Waals surface area (Å²) in [5.74, 6) is 0.613. The van der Waals surface area contributed by atoms with Gasteiger partial charge in [0.1, 0.15) is 28.2 Å². The van der Waals surface area contributed by atoms with Crippen molar-refractivity contribution in [3.63, 3.8) is 0 Å².